The third-order valence-corrected chi connectivity index (χ3v) is 3.91. The fraction of sp³-hybridized carbons (Fsp3) is 0.214. The molecule has 0 bridgehead atoms. The number of nitrogens with zero attached hydrogens (tertiary/aromatic N) is 7. The molecule has 0 unspecified atom stereocenters. The van der Waals surface area contributed by atoms with Crippen LogP contribution in [0.15, 0.2) is 40.3 Å². The van der Waals surface area contributed by atoms with Gasteiger partial charge in [-0.05, 0) is 18.2 Å². The lowest BCUT2D eigenvalue weighted by Gasteiger charge is -2.04. The van der Waals surface area contributed by atoms with Gasteiger partial charge in [0.25, 0.3) is 0 Å². The minimum atomic E-state index is 0.360. The number of halogens is 1. The Morgan fingerprint density at radius 2 is 2.26 bits per heavy atom. The van der Waals surface area contributed by atoms with Gasteiger partial charge in [-0.15, -0.1) is 0 Å². The second kappa shape index (κ2) is 5.67. The highest BCUT2D eigenvalue weighted by atomic mass is 79.9. The van der Waals surface area contributed by atoms with Gasteiger partial charge < -0.3 is 4.74 Å². The quantitative estimate of drug-likeness (QED) is 0.686. The maximum absolute atomic E-state index is 5.14. The lowest BCUT2D eigenvalue weighted by molar-refractivity contribution is 0.177. The normalized spacial score (nSPS) is 13.2. The number of fused-ring (bicyclic) bond motifs is 3. The van der Waals surface area contributed by atoms with Gasteiger partial charge in [0.05, 0.1) is 5.69 Å². The van der Waals surface area contributed by atoms with E-state index >= 15 is 0 Å². The molecule has 1 aliphatic rings. The highest BCUT2D eigenvalue weighted by Crippen LogP contribution is 2.34. The number of hydrogen-bond acceptors (Lipinski definition) is 6. The molecule has 0 saturated carbocycles. The fourth-order valence-corrected chi connectivity index (χ4v) is 2.81. The molecule has 2 aromatic heterocycles. The van der Waals surface area contributed by atoms with E-state index < -0.39 is 0 Å². The molecule has 0 N–H and O–H groups in total. The Labute approximate surface area is 140 Å². The zero-order valence-corrected chi connectivity index (χ0v) is 13.8. The minimum absolute atomic E-state index is 0.360. The minimum Gasteiger partial charge on any atom is -0.377 e. The molecule has 116 valence electrons. The molecule has 4 rings (SSSR count). The van der Waals surface area contributed by atoms with E-state index in [2.05, 4.69) is 36.1 Å². The van der Waals surface area contributed by atoms with Gasteiger partial charge in [-0.25, -0.2) is 24.3 Å². The molecule has 0 aliphatic carbocycles. The van der Waals surface area contributed by atoms with Crippen molar-refractivity contribution >= 4 is 27.5 Å². The summed E-state index contributed by atoms with van der Waals surface area (Å²) in [6.07, 6.45) is 3.10. The molecule has 3 heterocycles. The predicted octanol–water partition coefficient (Wildman–Crippen LogP) is 2.04. The van der Waals surface area contributed by atoms with E-state index in [1.54, 1.807) is 18.1 Å². The first-order chi connectivity index (χ1) is 11.2. The van der Waals surface area contributed by atoms with E-state index in [-0.39, 0.29) is 0 Å². The van der Waals surface area contributed by atoms with E-state index in [1.165, 1.54) is 6.33 Å². The van der Waals surface area contributed by atoms with E-state index in [9.17, 15) is 0 Å². The fourth-order valence-electron chi connectivity index (χ4n) is 2.45. The lowest BCUT2D eigenvalue weighted by Crippen LogP contribution is -2.20. The van der Waals surface area contributed by atoms with Gasteiger partial charge in [0.1, 0.15) is 25.8 Å². The summed E-state index contributed by atoms with van der Waals surface area (Å²) in [6.45, 7) is 0.806. The molecule has 1 aliphatic heterocycles. The third-order valence-electron chi connectivity index (χ3n) is 3.41. The van der Waals surface area contributed by atoms with Gasteiger partial charge in [0, 0.05) is 17.1 Å². The highest BCUT2D eigenvalue weighted by Gasteiger charge is 2.21. The van der Waals surface area contributed by atoms with Crippen molar-refractivity contribution in [2.75, 3.05) is 7.11 Å². The summed E-state index contributed by atoms with van der Waals surface area (Å²) in [7, 11) is 1.62. The number of rotatable bonds is 2. The Hall–Kier alpha value is -2.39. The maximum atomic E-state index is 5.14. The Balaban J connectivity index is 1.91. The smallest absolute Gasteiger partial charge is 0.176 e. The Morgan fingerprint density at radius 1 is 1.35 bits per heavy atom. The second-order valence-corrected chi connectivity index (χ2v) is 5.89. The van der Waals surface area contributed by atoms with Gasteiger partial charge in [0.2, 0.25) is 0 Å². The van der Waals surface area contributed by atoms with Crippen LogP contribution >= 0.6 is 15.9 Å². The molecule has 8 nitrogen and oxygen atoms in total. The summed E-state index contributed by atoms with van der Waals surface area (Å²) in [5.74, 6) is 2.11. The summed E-state index contributed by atoms with van der Waals surface area (Å²) in [4.78, 5) is 13.3. The number of aliphatic imine (C=N–C) groups is 1. The number of methoxy groups -OCH3 is 1. The van der Waals surface area contributed by atoms with Crippen LogP contribution in [-0.4, -0.2) is 42.5 Å². The summed E-state index contributed by atoms with van der Waals surface area (Å²) in [5.41, 5.74) is 1.72. The zero-order chi connectivity index (χ0) is 15.8. The van der Waals surface area contributed by atoms with Gasteiger partial charge >= 0.3 is 0 Å². The monoisotopic (exact) mass is 373 g/mol. The molecule has 9 heteroatoms. The molecule has 0 atom stereocenters. The van der Waals surface area contributed by atoms with Crippen LogP contribution in [-0.2, 0) is 17.9 Å². The first kappa shape index (κ1) is 14.2. The number of hydrogen-bond donors (Lipinski definition) is 0. The Kier molecular flexibility index (Phi) is 3.50. The van der Waals surface area contributed by atoms with Crippen molar-refractivity contribution in [3.05, 3.63) is 41.2 Å². The molecule has 0 fully saturated rings. The largest absolute Gasteiger partial charge is 0.377 e. The molecular weight excluding hydrogens is 362 g/mol. The topological polar surface area (TPSA) is 83.0 Å². The van der Waals surface area contributed by atoms with Gasteiger partial charge in [0.15, 0.2) is 17.5 Å². The van der Waals surface area contributed by atoms with E-state index in [1.807, 2.05) is 22.9 Å². The summed E-state index contributed by atoms with van der Waals surface area (Å²) < 4.78 is 9.55. The van der Waals surface area contributed by atoms with Crippen LogP contribution < -0.4 is 0 Å². The Morgan fingerprint density at radius 3 is 3.04 bits per heavy atom. The number of benzene rings is 1. The van der Waals surface area contributed by atoms with Gasteiger partial charge in [-0.1, -0.05) is 15.9 Å². The third kappa shape index (κ3) is 2.57. The maximum Gasteiger partial charge on any atom is 0.176 e. The van der Waals surface area contributed by atoms with Crippen LogP contribution in [0.3, 0.4) is 0 Å². The van der Waals surface area contributed by atoms with Crippen molar-refractivity contribution in [3.8, 4) is 11.4 Å². The summed E-state index contributed by atoms with van der Waals surface area (Å²) >= 11 is 3.50. The van der Waals surface area contributed by atoms with Crippen molar-refractivity contribution in [2.45, 2.75) is 13.2 Å². The van der Waals surface area contributed by atoms with Crippen molar-refractivity contribution in [1.29, 1.82) is 0 Å². The molecule has 23 heavy (non-hydrogen) atoms. The zero-order valence-electron chi connectivity index (χ0n) is 12.2. The molecule has 0 radical (unpaired) electrons. The lowest BCUT2D eigenvalue weighted by atomic mass is 10.1. The second-order valence-electron chi connectivity index (χ2n) is 4.97. The van der Waals surface area contributed by atoms with Crippen LogP contribution in [0.4, 0.5) is 5.69 Å². The van der Waals surface area contributed by atoms with Crippen molar-refractivity contribution in [2.24, 2.45) is 4.99 Å². The first-order valence-electron chi connectivity index (χ1n) is 6.90. The molecule has 3 aromatic rings. The first-order valence-corrected chi connectivity index (χ1v) is 7.69. The van der Waals surface area contributed by atoms with E-state index in [0.29, 0.717) is 19.0 Å². The van der Waals surface area contributed by atoms with Crippen molar-refractivity contribution in [3.63, 3.8) is 0 Å². The summed E-state index contributed by atoms with van der Waals surface area (Å²) in [5, 5.41) is 8.68. The predicted molar refractivity (Wildman–Crippen MR) is 86.4 cm³/mol. The van der Waals surface area contributed by atoms with Crippen LogP contribution in [0, 0.1) is 0 Å². The van der Waals surface area contributed by atoms with Crippen LogP contribution in [0.2, 0.25) is 0 Å². The van der Waals surface area contributed by atoms with Crippen LogP contribution in [0.5, 0.6) is 0 Å². The molecule has 0 saturated heterocycles. The highest BCUT2D eigenvalue weighted by molar-refractivity contribution is 9.10. The number of ether oxygens (including phenoxy) is 1. The number of aromatic nitrogens is 6. The molecule has 1 aromatic carbocycles. The Bertz CT molecular complexity index is 885. The SMILES string of the molecule is COCc1nc2n(n1)CC(n1cncn1)=Nc1ccc(Br)cc1-2. The average molecular weight is 374 g/mol. The van der Waals surface area contributed by atoms with Crippen molar-refractivity contribution < 1.29 is 4.74 Å². The van der Waals surface area contributed by atoms with E-state index in [4.69, 9.17) is 9.73 Å². The van der Waals surface area contributed by atoms with Crippen LogP contribution in [0.1, 0.15) is 5.82 Å². The van der Waals surface area contributed by atoms with Crippen LogP contribution in [0.25, 0.3) is 11.4 Å². The molecule has 0 amide bonds. The average Bonchev–Trinajstić information content (AvgIpc) is 3.16. The molecular formula is C14H12BrN7O. The summed E-state index contributed by atoms with van der Waals surface area (Å²) in [6, 6.07) is 5.88. The van der Waals surface area contributed by atoms with Gasteiger partial charge in [-0.3, -0.25) is 0 Å². The van der Waals surface area contributed by atoms with Gasteiger partial charge in [-0.2, -0.15) is 10.2 Å². The van der Waals surface area contributed by atoms with Crippen molar-refractivity contribution in [1.82, 2.24) is 29.5 Å². The molecule has 0 spiro atoms. The standard InChI is InChI=1S/C14H12BrN7O/c1-23-6-12-19-14-10-4-9(15)2-3-11(10)18-13(5-21(14)20-12)22-8-16-7-17-22/h2-4,7-8H,5-6H2,1H3. The van der Waals surface area contributed by atoms with E-state index in [0.717, 1.165) is 27.4 Å².